The SMILES string of the molecule is CC1(C(=O)OCCSSc2ccccn2)COC(=O)OC1.CC1(C(=O)Oc2c(F)c(F)c(F)c(F)c2F)COC(=O)OC1.CC1(C(=O)Oc2c(F)c(F)c(F)c(F)c2F)COC(=O)OC1.COCCO.COCCOC(=O)C1(C)COC(=O)OC1.OCCSSc1ccccn1. The lowest BCUT2D eigenvalue weighted by atomic mass is 9.92. The van der Waals surface area contributed by atoms with Gasteiger partial charge in [-0.15, -0.1) is 0 Å². The van der Waals surface area contributed by atoms with Gasteiger partial charge in [-0.25, -0.2) is 55.5 Å². The van der Waals surface area contributed by atoms with Crippen LogP contribution in [0.15, 0.2) is 58.8 Å². The number of ether oxygens (including phenoxy) is 14. The van der Waals surface area contributed by atoms with Gasteiger partial charge in [-0.05, 0) is 73.5 Å². The fourth-order valence-corrected chi connectivity index (χ4v) is 9.54. The number of rotatable bonds is 20. The number of carbonyl (C=O) groups is 8. The van der Waals surface area contributed by atoms with Crippen molar-refractivity contribution in [1.29, 1.82) is 0 Å². The molecule has 4 aliphatic heterocycles. The molecule has 0 radical (unpaired) electrons. The van der Waals surface area contributed by atoms with E-state index in [0.717, 1.165) is 29.7 Å². The van der Waals surface area contributed by atoms with Crippen molar-refractivity contribution in [3.63, 3.8) is 0 Å². The van der Waals surface area contributed by atoms with Gasteiger partial charge < -0.3 is 76.5 Å². The minimum absolute atomic E-state index is 0.0134. The number of nitrogens with zero attached hydrogens (tertiary/aromatic N) is 2. The molecule has 0 atom stereocenters. The molecule has 532 valence electrons. The van der Waals surface area contributed by atoms with E-state index in [1.165, 1.54) is 17.9 Å². The molecular formula is C56H60F10N2O24S4. The lowest BCUT2D eigenvalue weighted by molar-refractivity contribution is -0.167. The molecule has 2 aromatic carbocycles. The summed E-state index contributed by atoms with van der Waals surface area (Å²) < 4.78 is 196. The number of hydrogen-bond donors (Lipinski definition) is 2. The zero-order valence-corrected chi connectivity index (χ0v) is 54.4. The second kappa shape index (κ2) is 40.7. The smallest absolute Gasteiger partial charge is 0.464 e. The Labute approximate surface area is 554 Å². The summed E-state index contributed by atoms with van der Waals surface area (Å²) in [5.74, 6) is -28.6. The van der Waals surface area contributed by atoms with Crippen molar-refractivity contribution in [2.75, 3.05) is 118 Å². The van der Waals surface area contributed by atoms with E-state index in [1.54, 1.807) is 65.7 Å². The maximum Gasteiger partial charge on any atom is 0.508 e. The Kier molecular flexibility index (Phi) is 35.0. The average Bonchev–Trinajstić information content (AvgIpc) is 0.802. The molecule has 2 aromatic heterocycles. The first-order valence-corrected chi connectivity index (χ1v) is 31.6. The van der Waals surface area contributed by atoms with E-state index >= 15 is 0 Å². The summed E-state index contributed by atoms with van der Waals surface area (Å²) in [5.41, 5.74) is -5.16. The third-order valence-corrected chi connectivity index (χ3v) is 16.2. The highest BCUT2D eigenvalue weighted by molar-refractivity contribution is 8.77. The quantitative estimate of drug-likeness (QED) is 0.0122. The van der Waals surface area contributed by atoms with Gasteiger partial charge in [-0.1, -0.05) is 33.7 Å². The number of aliphatic hydroxyl groups is 2. The highest BCUT2D eigenvalue weighted by Crippen LogP contribution is 2.36. The third kappa shape index (κ3) is 25.7. The highest BCUT2D eigenvalue weighted by atomic mass is 33.1. The molecular weight excluding hydrogens is 1400 g/mol. The number of benzene rings is 2. The molecule has 2 N–H and O–H groups in total. The highest BCUT2D eigenvalue weighted by Gasteiger charge is 2.46. The normalized spacial score (nSPS) is 15.9. The molecule has 40 heteroatoms. The van der Waals surface area contributed by atoms with Crippen molar-refractivity contribution < 1.29 is 159 Å². The predicted octanol–water partition coefficient (Wildman–Crippen LogP) is 9.25. The van der Waals surface area contributed by atoms with Crippen molar-refractivity contribution in [3.8, 4) is 11.5 Å². The van der Waals surface area contributed by atoms with Crippen LogP contribution in [0.2, 0.25) is 0 Å². The van der Waals surface area contributed by atoms with E-state index in [9.17, 15) is 82.3 Å². The topological polar surface area (TPSA) is 332 Å². The fraction of sp³-hybridized carbons (Fsp3) is 0.464. The zero-order chi connectivity index (χ0) is 71.8. The first-order chi connectivity index (χ1) is 45.4. The largest absolute Gasteiger partial charge is 0.508 e. The molecule has 0 aliphatic carbocycles. The molecule has 0 saturated carbocycles. The minimum atomic E-state index is -2.38. The first-order valence-electron chi connectivity index (χ1n) is 27.0. The van der Waals surface area contributed by atoms with Crippen molar-refractivity contribution in [2.24, 2.45) is 21.7 Å². The van der Waals surface area contributed by atoms with Crippen molar-refractivity contribution in [3.05, 3.63) is 107 Å². The molecule has 6 heterocycles. The van der Waals surface area contributed by atoms with E-state index < -0.39 is 166 Å². The van der Waals surface area contributed by atoms with Gasteiger partial charge in [0.2, 0.25) is 69.7 Å². The monoisotopic (exact) mass is 1460 g/mol. The lowest BCUT2D eigenvalue weighted by Crippen LogP contribution is -2.45. The molecule has 4 saturated heterocycles. The van der Waals surface area contributed by atoms with E-state index in [4.69, 9.17) is 33.9 Å². The standard InChI is InChI=1S/C13H15NO5S2.2C12H7F5O5.C9H14O6.C7H9NOS2.C3H8O2/c1-13(8-18-12(16)19-9-13)11(15)17-6-7-20-21-10-4-2-3-5-14-10;2*1-12(2-20-11(19)21-3-12)10(18)22-9-7(16)5(14)4(13)6(15)8(9)17;1-9(5-14-8(11)15-6-9)7(10)13-4-3-12-2;9-5-6-10-11-7-3-1-2-4-8-7;1-5-3-2-4/h2-5H,6-9H2,1H3;2*2-3H2,1H3;3-6H2,1-2H3;1-4,9H,5-6H2;4H,2-3H2,1H3. The van der Waals surface area contributed by atoms with E-state index in [0.29, 0.717) is 19.0 Å². The van der Waals surface area contributed by atoms with Crippen LogP contribution < -0.4 is 9.47 Å². The summed E-state index contributed by atoms with van der Waals surface area (Å²) in [7, 11) is 9.35. The van der Waals surface area contributed by atoms with Gasteiger partial charge in [0.05, 0.1) is 26.4 Å². The summed E-state index contributed by atoms with van der Waals surface area (Å²) in [6, 6.07) is 11.5. The van der Waals surface area contributed by atoms with Crippen LogP contribution in [0.5, 0.6) is 11.5 Å². The van der Waals surface area contributed by atoms with Gasteiger partial charge in [0.15, 0.2) is 0 Å². The molecule has 26 nitrogen and oxygen atoms in total. The number of methoxy groups -OCH3 is 2. The van der Waals surface area contributed by atoms with Crippen molar-refractivity contribution in [1.82, 2.24) is 9.97 Å². The molecule has 8 rings (SSSR count). The van der Waals surface area contributed by atoms with Gasteiger partial charge in [-0.2, -0.15) is 17.6 Å². The first kappa shape index (κ1) is 82.5. The lowest BCUT2D eigenvalue weighted by Gasteiger charge is -2.29. The second-order valence-electron chi connectivity index (χ2n) is 20.0. The van der Waals surface area contributed by atoms with Crippen molar-refractivity contribution in [2.45, 2.75) is 37.7 Å². The Hall–Kier alpha value is -7.76. The Balaban J connectivity index is 0.000000312. The Morgan fingerprint density at radius 1 is 0.417 bits per heavy atom. The number of esters is 4. The summed E-state index contributed by atoms with van der Waals surface area (Å²) in [6.45, 7) is 4.96. The van der Waals surface area contributed by atoms with Crippen LogP contribution in [0.1, 0.15) is 27.7 Å². The predicted molar refractivity (Wildman–Crippen MR) is 310 cm³/mol. The molecule has 0 bridgehead atoms. The second-order valence-corrected chi connectivity index (χ2v) is 24.9. The van der Waals surface area contributed by atoms with Gasteiger partial charge in [-0.3, -0.25) is 19.2 Å². The van der Waals surface area contributed by atoms with Gasteiger partial charge in [0.25, 0.3) is 0 Å². The number of hydrogen-bond acceptors (Lipinski definition) is 30. The molecule has 4 aromatic rings. The summed E-state index contributed by atoms with van der Waals surface area (Å²) in [4.78, 5) is 98.3. The minimum Gasteiger partial charge on any atom is -0.464 e. The molecule has 0 unspecified atom stereocenters. The Morgan fingerprint density at radius 3 is 0.979 bits per heavy atom. The van der Waals surface area contributed by atoms with Crippen LogP contribution in [0.25, 0.3) is 0 Å². The third-order valence-electron chi connectivity index (χ3n) is 11.7. The number of aliphatic hydroxyl groups excluding tert-OH is 2. The van der Waals surface area contributed by atoms with E-state index in [1.807, 2.05) is 36.4 Å². The molecule has 4 aliphatic rings. The summed E-state index contributed by atoms with van der Waals surface area (Å²) >= 11 is 0. The average molecular weight is 1460 g/mol. The van der Waals surface area contributed by atoms with Crippen LogP contribution in [0.3, 0.4) is 0 Å². The van der Waals surface area contributed by atoms with Crippen molar-refractivity contribution >= 4 is 91.7 Å². The Bertz CT molecular complexity index is 3050. The van der Waals surface area contributed by atoms with Gasteiger partial charge in [0, 0.05) is 38.1 Å². The van der Waals surface area contributed by atoms with Crippen LogP contribution in [0.4, 0.5) is 63.1 Å². The number of pyridine rings is 2. The number of halogens is 10. The number of cyclic esters (lactones) is 8. The molecule has 96 heavy (non-hydrogen) atoms. The zero-order valence-electron chi connectivity index (χ0n) is 51.1. The fourth-order valence-electron chi connectivity index (χ4n) is 6.19. The molecule has 0 spiro atoms. The Morgan fingerprint density at radius 2 is 0.708 bits per heavy atom. The van der Waals surface area contributed by atoms with Gasteiger partial charge >= 0.3 is 48.5 Å². The van der Waals surface area contributed by atoms with Crippen LogP contribution >= 0.6 is 43.2 Å². The summed E-state index contributed by atoms with van der Waals surface area (Å²) in [6.07, 6.45) is -0.140. The maximum atomic E-state index is 13.4. The summed E-state index contributed by atoms with van der Waals surface area (Å²) in [5, 5.41) is 18.3. The van der Waals surface area contributed by atoms with Crippen LogP contribution in [0, 0.1) is 79.8 Å². The molecule has 0 amide bonds. The molecule has 4 fully saturated rings. The number of aromatic nitrogens is 2. The maximum absolute atomic E-state index is 13.4. The van der Waals surface area contributed by atoms with Crippen LogP contribution in [-0.4, -0.2) is 187 Å². The number of carbonyl (C=O) groups excluding carboxylic acids is 8. The van der Waals surface area contributed by atoms with E-state index in [-0.39, 0.29) is 52.9 Å². The van der Waals surface area contributed by atoms with E-state index in [2.05, 4.69) is 52.6 Å². The van der Waals surface area contributed by atoms with Crippen LogP contribution in [-0.2, 0) is 76.0 Å². The van der Waals surface area contributed by atoms with Gasteiger partial charge in [0.1, 0.15) is 97.8 Å².